The topological polar surface area (TPSA) is 224 Å². The molecule has 1 unspecified atom stereocenters. The number of aliphatic imine (C=N–C) groups is 1. The second-order valence-electron chi connectivity index (χ2n) is 13.6. The summed E-state index contributed by atoms with van der Waals surface area (Å²) in [6.45, 7) is 7.45. The van der Waals surface area contributed by atoms with E-state index < -0.39 is 68.2 Å². The summed E-state index contributed by atoms with van der Waals surface area (Å²) in [5.41, 5.74) is 4.14. The molecule has 0 bridgehead atoms. The number of Topliss-reactive ketones (excluding diaryl/α,β-unsaturated/α-hetero) is 1. The molecular formula is C33H45N7O8S. The summed E-state index contributed by atoms with van der Waals surface area (Å²) in [6, 6.07) is 2.30. The number of primary amides is 1. The highest BCUT2D eigenvalue weighted by molar-refractivity contribution is 7.92. The predicted molar refractivity (Wildman–Crippen MR) is 178 cm³/mol. The summed E-state index contributed by atoms with van der Waals surface area (Å²) in [5.74, 6) is -4.31. The van der Waals surface area contributed by atoms with Crippen LogP contribution in [0, 0.1) is 5.92 Å². The van der Waals surface area contributed by atoms with Crippen molar-refractivity contribution in [2.24, 2.45) is 16.6 Å². The highest BCUT2D eigenvalue weighted by Gasteiger charge is 2.44. The normalized spacial score (nSPS) is 19.9. The average Bonchev–Trinajstić information content (AvgIpc) is 3.72. The Balaban J connectivity index is 1.71. The summed E-state index contributed by atoms with van der Waals surface area (Å²) in [6.07, 6.45) is 6.21. The number of nitrogens with zero attached hydrogens (tertiary/aromatic N) is 5. The highest BCUT2D eigenvalue weighted by Crippen LogP contribution is 2.33. The molecule has 2 aliphatic rings. The van der Waals surface area contributed by atoms with E-state index in [1.165, 1.54) is 47.0 Å². The molecular weight excluding hydrogens is 654 g/mol. The Kier molecular flexibility index (Phi) is 11.5. The van der Waals surface area contributed by atoms with Gasteiger partial charge in [0.15, 0.2) is 9.84 Å². The van der Waals surface area contributed by atoms with Crippen LogP contribution in [-0.2, 0) is 34.6 Å². The molecule has 4 N–H and O–H groups in total. The molecule has 1 aliphatic heterocycles. The highest BCUT2D eigenvalue weighted by atomic mass is 32.2. The van der Waals surface area contributed by atoms with Crippen molar-refractivity contribution in [2.75, 3.05) is 6.54 Å². The molecule has 0 radical (unpaired) electrons. The van der Waals surface area contributed by atoms with Crippen molar-refractivity contribution >= 4 is 45.0 Å². The molecule has 0 spiro atoms. The number of hydrogen-bond acceptors (Lipinski definition) is 10. The Morgan fingerprint density at radius 1 is 1.06 bits per heavy atom. The molecule has 2 heterocycles. The number of ketones is 1. The van der Waals surface area contributed by atoms with Gasteiger partial charge in [0.05, 0.1) is 34.1 Å². The maximum absolute atomic E-state index is 14.4. The number of aromatic nitrogens is 3. The summed E-state index contributed by atoms with van der Waals surface area (Å²) < 4.78 is 26.6. The van der Waals surface area contributed by atoms with Gasteiger partial charge in [-0.25, -0.2) is 18.1 Å². The molecule has 49 heavy (non-hydrogen) atoms. The quantitative estimate of drug-likeness (QED) is 0.214. The molecule has 3 atom stereocenters. The molecule has 2 aromatic rings. The molecule has 16 heteroatoms. The Bertz CT molecular complexity index is 1720. The van der Waals surface area contributed by atoms with Crippen LogP contribution in [0.3, 0.4) is 0 Å². The lowest BCUT2D eigenvalue weighted by molar-refractivity contribution is -0.139. The number of carbonyl (C=O) groups excluding carboxylic acids is 5. The lowest BCUT2D eigenvalue weighted by Crippen LogP contribution is -2.52. The van der Waals surface area contributed by atoms with Crippen LogP contribution >= 0.6 is 0 Å². The Labute approximate surface area is 285 Å². The van der Waals surface area contributed by atoms with Crippen molar-refractivity contribution in [3.8, 4) is 0 Å². The number of hydrogen-bond donors (Lipinski definition) is 3. The van der Waals surface area contributed by atoms with Gasteiger partial charge in [-0.15, -0.1) is 5.10 Å². The zero-order valence-corrected chi connectivity index (χ0v) is 29.3. The van der Waals surface area contributed by atoms with Crippen LogP contribution in [0.4, 0.5) is 0 Å². The summed E-state index contributed by atoms with van der Waals surface area (Å²) in [4.78, 5) is 70.9. The lowest BCUT2D eigenvalue weighted by Gasteiger charge is -2.27. The van der Waals surface area contributed by atoms with Crippen molar-refractivity contribution in [3.63, 3.8) is 0 Å². The Morgan fingerprint density at radius 2 is 1.69 bits per heavy atom. The standard InChI is InChI=1S/C33H45N7O8S/c1-19(2)49(47,48)24-13-11-22(12-14-24)30(43)37-25(15-21-9-7-6-8-10-21)32(45)39-18-23(40-27(17-35-38-40)33(4,5)46)16-26(39)31(44)36-20(3)28(41)29(34)42/h11-14,17,19-21,23,26,46H,6-10,15-16,18H2,1-5H3,(H2,34,42)(H,36,44)/t20?,23-,26-/m0/s1. The number of nitrogens with two attached hydrogens (primary N) is 1. The van der Waals surface area contributed by atoms with Gasteiger partial charge in [0.2, 0.25) is 11.7 Å². The van der Waals surface area contributed by atoms with E-state index in [4.69, 9.17) is 5.73 Å². The molecule has 1 aromatic heterocycles. The molecule has 1 aliphatic carbocycles. The van der Waals surface area contributed by atoms with Gasteiger partial charge >= 0.3 is 0 Å². The molecule has 4 amide bonds. The third kappa shape index (κ3) is 8.65. The van der Waals surface area contributed by atoms with Crippen LogP contribution < -0.4 is 11.1 Å². The van der Waals surface area contributed by atoms with Crippen LogP contribution in [0.15, 0.2) is 40.4 Å². The second-order valence-corrected chi connectivity index (χ2v) is 16.1. The Hall–Kier alpha value is -4.31. The van der Waals surface area contributed by atoms with Gasteiger partial charge in [0, 0.05) is 18.5 Å². The summed E-state index contributed by atoms with van der Waals surface area (Å²) in [5, 5.41) is 20.6. The van der Waals surface area contributed by atoms with Gasteiger partial charge in [0.25, 0.3) is 17.7 Å². The fraction of sp³-hybridized carbons (Fsp3) is 0.576. The van der Waals surface area contributed by atoms with Gasteiger partial charge < -0.3 is 21.1 Å². The van der Waals surface area contributed by atoms with Crippen LogP contribution in [0.1, 0.15) is 102 Å². The van der Waals surface area contributed by atoms with Crippen LogP contribution in [0.25, 0.3) is 0 Å². The first-order chi connectivity index (χ1) is 22.9. The number of rotatable bonds is 12. The van der Waals surface area contributed by atoms with E-state index in [0.29, 0.717) is 5.69 Å². The third-order valence-electron chi connectivity index (χ3n) is 9.13. The fourth-order valence-electron chi connectivity index (χ4n) is 6.26. The molecule has 1 saturated carbocycles. The van der Waals surface area contributed by atoms with E-state index in [1.807, 2.05) is 0 Å². The van der Waals surface area contributed by atoms with Crippen LogP contribution in [0.2, 0.25) is 0 Å². The second kappa shape index (κ2) is 15.1. The van der Waals surface area contributed by atoms with Crippen molar-refractivity contribution in [1.29, 1.82) is 0 Å². The van der Waals surface area contributed by atoms with E-state index >= 15 is 0 Å². The molecule has 2 fully saturated rings. The summed E-state index contributed by atoms with van der Waals surface area (Å²) in [7, 11) is -3.58. The van der Waals surface area contributed by atoms with E-state index in [9.17, 15) is 37.5 Å². The number of benzene rings is 1. The van der Waals surface area contributed by atoms with Crippen molar-refractivity contribution < 1.29 is 37.5 Å². The first-order valence-electron chi connectivity index (χ1n) is 16.5. The minimum absolute atomic E-state index is 0.0118. The zero-order chi connectivity index (χ0) is 36.3. The van der Waals surface area contributed by atoms with Crippen molar-refractivity contribution in [2.45, 2.75) is 113 Å². The van der Waals surface area contributed by atoms with Gasteiger partial charge in [0.1, 0.15) is 17.4 Å². The number of carbonyl (C=O) groups is 5. The van der Waals surface area contributed by atoms with Gasteiger partial charge in [-0.3, -0.25) is 24.0 Å². The molecule has 15 nitrogen and oxygen atoms in total. The van der Waals surface area contributed by atoms with Crippen molar-refractivity contribution in [3.05, 3.63) is 41.7 Å². The van der Waals surface area contributed by atoms with Crippen molar-refractivity contribution in [1.82, 2.24) is 25.2 Å². The monoisotopic (exact) mass is 699 g/mol. The lowest BCUT2D eigenvalue weighted by atomic mass is 9.85. The van der Waals surface area contributed by atoms with Gasteiger partial charge in [-0.1, -0.05) is 37.3 Å². The predicted octanol–water partition coefficient (Wildman–Crippen LogP) is 1.64. The van der Waals surface area contributed by atoms with Gasteiger partial charge in [-0.2, -0.15) is 0 Å². The van der Waals surface area contributed by atoms with E-state index in [-0.39, 0.29) is 41.5 Å². The van der Waals surface area contributed by atoms with Gasteiger partial charge in [-0.05, 0) is 71.2 Å². The number of sulfone groups is 1. The maximum Gasteiger partial charge on any atom is 0.287 e. The molecule has 266 valence electrons. The number of aliphatic hydroxyl groups is 1. The van der Waals surface area contributed by atoms with Crippen LogP contribution in [0.5, 0.6) is 0 Å². The van der Waals surface area contributed by atoms with E-state index in [1.54, 1.807) is 27.7 Å². The number of likely N-dealkylation sites (tertiary alicyclic amines) is 1. The Morgan fingerprint density at radius 3 is 2.27 bits per heavy atom. The molecule has 1 aromatic carbocycles. The largest absolute Gasteiger partial charge is 0.384 e. The van der Waals surface area contributed by atoms with E-state index in [2.05, 4.69) is 20.6 Å². The minimum Gasteiger partial charge on any atom is -0.384 e. The third-order valence-corrected chi connectivity index (χ3v) is 11.3. The zero-order valence-electron chi connectivity index (χ0n) is 28.5. The SMILES string of the molecule is CC(NC(=O)[C@@H]1C[C@H](n2nncc2C(C)(C)O)CN1C(=O)C(CC1CCCCC1)=NC(=O)c1ccc(S(=O)(=O)C(C)C)cc1)C(=O)C(N)=O. The smallest absolute Gasteiger partial charge is 0.287 e. The minimum atomic E-state index is -3.58. The molecule has 1 saturated heterocycles. The summed E-state index contributed by atoms with van der Waals surface area (Å²) >= 11 is 0. The number of nitrogens with one attached hydrogen (secondary N) is 1. The van der Waals surface area contributed by atoms with Crippen LogP contribution in [-0.4, -0.2) is 92.4 Å². The number of amides is 4. The first-order valence-corrected chi connectivity index (χ1v) is 18.0. The average molecular weight is 700 g/mol. The maximum atomic E-state index is 14.4. The fourth-order valence-corrected chi connectivity index (χ4v) is 7.32. The first kappa shape index (κ1) is 37.5. The molecule has 4 rings (SSSR count). The van der Waals surface area contributed by atoms with E-state index in [0.717, 1.165) is 32.1 Å².